The van der Waals surface area contributed by atoms with Gasteiger partial charge in [0.25, 0.3) is 5.91 Å². The second-order valence-electron chi connectivity index (χ2n) is 9.75. The van der Waals surface area contributed by atoms with E-state index in [2.05, 4.69) is 45.5 Å². The third-order valence-corrected chi connectivity index (χ3v) is 9.28. The van der Waals surface area contributed by atoms with E-state index in [1.165, 1.54) is 4.90 Å². The van der Waals surface area contributed by atoms with Crippen LogP contribution in [0.15, 0.2) is 103 Å². The highest BCUT2D eigenvalue weighted by molar-refractivity contribution is 9.09. The molecule has 180 valence electrons. The number of nitrogens with one attached hydrogen (secondary N) is 1. The fraction of sp³-hybridized carbons (Fsp3) is 0.129. The first kappa shape index (κ1) is 22.2. The SMILES string of the molecule is O=C(Nc1ccccc1)c1ccc(N2C(=O)[C@@H]3[C@@H](C2=O)C2c4ccccc4C3(Br)c3ccccc32)cc1. The van der Waals surface area contributed by atoms with Crippen LogP contribution < -0.4 is 10.2 Å². The number of hydrogen-bond donors (Lipinski definition) is 1. The zero-order chi connectivity index (χ0) is 25.3. The molecule has 1 N–H and O–H groups in total. The standard InChI is InChI=1S/C31H21BrN2O3/c32-31-23-12-6-4-10-21(23)25(22-11-5-7-13-24(22)31)26-27(31)30(37)34(29(26)36)20-16-14-18(15-17-20)28(35)33-19-8-2-1-3-9-19/h1-17,25-27H,(H,33,35)/t25?,26-,27-,31?/m0/s1. The van der Waals surface area contributed by atoms with Gasteiger partial charge in [0.15, 0.2) is 0 Å². The van der Waals surface area contributed by atoms with Gasteiger partial charge in [-0.3, -0.25) is 14.4 Å². The van der Waals surface area contributed by atoms with E-state index in [-0.39, 0.29) is 23.6 Å². The summed E-state index contributed by atoms with van der Waals surface area (Å²) in [5.74, 6) is -1.92. The van der Waals surface area contributed by atoms with Gasteiger partial charge in [-0.15, -0.1) is 0 Å². The van der Waals surface area contributed by atoms with Crippen molar-refractivity contribution >= 4 is 45.0 Å². The van der Waals surface area contributed by atoms with Crippen molar-refractivity contribution in [2.24, 2.45) is 11.8 Å². The van der Waals surface area contributed by atoms with Gasteiger partial charge in [-0.2, -0.15) is 0 Å². The van der Waals surface area contributed by atoms with E-state index in [0.717, 1.165) is 22.3 Å². The molecule has 0 saturated carbocycles. The van der Waals surface area contributed by atoms with Crippen molar-refractivity contribution in [3.63, 3.8) is 0 Å². The molecule has 1 aliphatic heterocycles. The van der Waals surface area contributed by atoms with Crippen LogP contribution in [0.4, 0.5) is 11.4 Å². The number of anilines is 2. The Hall–Kier alpha value is -4.03. The van der Waals surface area contributed by atoms with Crippen LogP contribution in [0.5, 0.6) is 0 Å². The number of amides is 3. The highest BCUT2D eigenvalue weighted by Crippen LogP contribution is 2.66. The van der Waals surface area contributed by atoms with Crippen molar-refractivity contribution in [1.29, 1.82) is 0 Å². The molecular weight excluding hydrogens is 528 g/mol. The van der Waals surface area contributed by atoms with Gasteiger partial charge in [0.2, 0.25) is 11.8 Å². The maximum atomic E-state index is 14.0. The van der Waals surface area contributed by atoms with Gasteiger partial charge in [0.1, 0.15) is 0 Å². The van der Waals surface area contributed by atoms with Crippen molar-refractivity contribution in [1.82, 2.24) is 0 Å². The van der Waals surface area contributed by atoms with Crippen LogP contribution in [0.2, 0.25) is 0 Å². The number of carbonyl (C=O) groups excluding carboxylic acids is 3. The Morgan fingerprint density at radius 2 is 1.30 bits per heavy atom. The molecule has 4 aromatic carbocycles. The van der Waals surface area contributed by atoms with Crippen LogP contribution in [-0.2, 0) is 13.9 Å². The maximum absolute atomic E-state index is 14.0. The summed E-state index contributed by atoms with van der Waals surface area (Å²) in [6, 6.07) is 32.1. The summed E-state index contributed by atoms with van der Waals surface area (Å²) in [5.41, 5.74) is 5.91. The van der Waals surface area contributed by atoms with Crippen molar-refractivity contribution in [3.05, 3.63) is 131 Å². The second kappa shape index (κ2) is 7.98. The fourth-order valence-corrected chi connectivity index (χ4v) is 7.62. The van der Waals surface area contributed by atoms with Crippen LogP contribution in [0.25, 0.3) is 0 Å². The van der Waals surface area contributed by atoms with E-state index in [1.54, 1.807) is 24.3 Å². The molecule has 5 nitrogen and oxygen atoms in total. The Morgan fingerprint density at radius 3 is 1.92 bits per heavy atom. The minimum atomic E-state index is -0.781. The molecule has 8 rings (SSSR count). The first-order valence-electron chi connectivity index (χ1n) is 12.2. The number of imide groups is 1. The Morgan fingerprint density at radius 1 is 0.730 bits per heavy atom. The topological polar surface area (TPSA) is 66.5 Å². The number of nitrogens with zero attached hydrogens (tertiary/aromatic N) is 1. The van der Waals surface area contributed by atoms with E-state index < -0.39 is 16.2 Å². The number of carbonyl (C=O) groups is 3. The molecule has 2 atom stereocenters. The fourth-order valence-electron chi connectivity index (χ4n) is 6.42. The Balaban J connectivity index is 1.26. The molecule has 37 heavy (non-hydrogen) atoms. The molecule has 0 radical (unpaired) electrons. The van der Waals surface area contributed by atoms with Crippen LogP contribution in [0.1, 0.15) is 38.5 Å². The van der Waals surface area contributed by atoms with Crippen LogP contribution in [0, 0.1) is 11.8 Å². The number of alkyl halides is 1. The average molecular weight is 549 g/mol. The molecule has 3 aliphatic carbocycles. The highest BCUT2D eigenvalue weighted by Gasteiger charge is 2.67. The smallest absolute Gasteiger partial charge is 0.255 e. The summed E-state index contributed by atoms with van der Waals surface area (Å²) in [4.78, 5) is 42.0. The number of rotatable bonds is 3. The van der Waals surface area contributed by atoms with Crippen LogP contribution in [-0.4, -0.2) is 17.7 Å². The molecular formula is C31H21BrN2O3. The quantitative estimate of drug-likeness (QED) is 0.258. The first-order valence-corrected chi connectivity index (χ1v) is 13.0. The summed E-state index contributed by atoms with van der Waals surface area (Å²) in [5, 5.41) is 2.86. The molecule has 0 aromatic heterocycles. The summed E-state index contributed by atoms with van der Waals surface area (Å²) < 4.78 is -0.781. The summed E-state index contributed by atoms with van der Waals surface area (Å²) in [6.07, 6.45) is 0. The minimum absolute atomic E-state index is 0.186. The van der Waals surface area contributed by atoms with Gasteiger partial charge >= 0.3 is 0 Å². The molecule has 4 aliphatic rings. The first-order chi connectivity index (χ1) is 18.0. The Labute approximate surface area is 222 Å². The highest BCUT2D eigenvalue weighted by atomic mass is 79.9. The molecule has 1 fully saturated rings. The maximum Gasteiger partial charge on any atom is 0.255 e. The molecule has 1 heterocycles. The van der Waals surface area contributed by atoms with Crippen molar-refractivity contribution in [2.45, 2.75) is 10.2 Å². The van der Waals surface area contributed by atoms with Gasteiger partial charge in [0, 0.05) is 17.2 Å². The van der Waals surface area contributed by atoms with E-state index in [9.17, 15) is 14.4 Å². The molecule has 6 heteroatoms. The monoisotopic (exact) mass is 548 g/mol. The van der Waals surface area contributed by atoms with Crippen molar-refractivity contribution in [3.8, 4) is 0 Å². The summed E-state index contributed by atoms with van der Waals surface area (Å²) in [7, 11) is 0. The zero-order valence-electron chi connectivity index (χ0n) is 19.6. The molecule has 2 bridgehead atoms. The normalized spacial score (nSPS) is 24.9. The number of para-hydroxylation sites is 1. The lowest BCUT2D eigenvalue weighted by Crippen LogP contribution is -2.50. The van der Waals surface area contributed by atoms with E-state index in [0.29, 0.717) is 16.9 Å². The van der Waals surface area contributed by atoms with E-state index in [1.807, 2.05) is 54.6 Å². The van der Waals surface area contributed by atoms with Gasteiger partial charge in [0.05, 0.1) is 21.8 Å². The average Bonchev–Trinajstić information content (AvgIpc) is 3.20. The second-order valence-corrected chi connectivity index (χ2v) is 11.0. The van der Waals surface area contributed by atoms with Crippen LogP contribution in [0.3, 0.4) is 0 Å². The van der Waals surface area contributed by atoms with Crippen molar-refractivity contribution < 1.29 is 14.4 Å². The predicted octanol–water partition coefficient (Wildman–Crippen LogP) is 5.84. The van der Waals surface area contributed by atoms with Crippen LogP contribution >= 0.6 is 15.9 Å². The van der Waals surface area contributed by atoms with Gasteiger partial charge in [-0.25, -0.2) is 4.90 Å². The molecule has 1 saturated heterocycles. The molecule has 0 unspecified atom stereocenters. The Kier molecular flexibility index (Phi) is 4.79. The van der Waals surface area contributed by atoms with Gasteiger partial charge in [-0.1, -0.05) is 82.7 Å². The minimum Gasteiger partial charge on any atom is -0.322 e. The zero-order valence-corrected chi connectivity index (χ0v) is 21.2. The predicted molar refractivity (Wildman–Crippen MR) is 145 cm³/mol. The number of hydrogen-bond acceptors (Lipinski definition) is 3. The lowest BCUT2D eigenvalue weighted by molar-refractivity contribution is -0.122. The largest absolute Gasteiger partial charge is 0.322 e. The third-order valence-electron chi connectivity index (χ3n) is 7.93. The number of benzene rings is 4. The summed E-state index contributed by atoms with van der Waals surface area (Å²) >= 11 is 4.01. The van der Waals surface area contributed by atoms with E-state index >= 15 is 0 Å². The molecule has 4 aromatic rings. The number of halogens is 1. The van der Waals surface area contributed by atoms with Crippen molar-refractivity contribution in [2.75, 3.05) is 10.2 Å². The lowest BCUT2D eigenvalue weighted by atomic mass is 9.55. The summed E-state index contributed by atoms with van der Waals surface area (Å²) in [6.45, 7) is 0. The van der Waals surface area contributed by atoms with E-state index in [4.69, 9.17) is 0 Å². The van der Waals surface area contributed by atoms with Gasteiger partial charge in [-0.05, 0) is 58.7 Å². The Bertz CT molecular complexity index is 1550. The lowest BCUT2D eigenvalue weighted by Gasteiger charge is -2.51. The molecule has 3 amide bonds. The third kappa shape index (κ3) is 2.99. The van der Waals surface area contributed by atoms with Gasteiger partial charge < -0.3 is 5.32 Å². The molecule has 0 spiro atoms.